The van der Waals surface area contributed by atoms with Crippen molar-refractivity contribution in [3.8, 4) is 0 Å². The van der Waals surface area contributed by atoms with E-state index in [4.69, 9.17) is 0 Å². The minimum Gasteiger partial charge on any atom is -0.353 e. The first-order valence-electron chi connectivity index (χ1n) is 33.9. The smallest absolute Gasteiger partial charge is 0.0883 e. The summed E-state index contributed by atoms with van der Waals surface area (Å²) in [5, 5.41) is 9.18. The molecule has 2 aromatic carbocycles. The Labute approximate surface area is 572 Å². The van der Waals surface area contributed by atoms with E-state index in [1.807, 2.05) is 49.6 Å². The Morgan fingerprint density at radius 1 is 0.302 bits per heavy atom. The van der Waals surface area contributed by atoms with Gasteiger partial charge in [-0.25, -0.2) is 0 Å². The van der Waals surface area contributed by atoms with Gasteiger partial charge in [-0.1, -0.05) is 105 Å². The van der Waals surface area contributed by atoms with Crippen LogP contribution >= 0.6 is 0 Å². The van der Waals surface area contributed by atoms with Crippen LogP contribution < -0.4 is 0 Å². The molecule has 4 atom stereocenters. The van der Waals surface area contributed by atoms with Gasteiger partial charge in [0.25, 0.3) is 0 Å². The van der Waals surface area contributed by atoms with E-state index >= 15 is 0 Å². The van der Waals surface area contributed by atoms with E-state index in [0.717, 1.165) is 11.2 Å². The van der Waals surface area contributed by atoms with Gasteiger partial charge in [0, 0.05) is 193 Å². The van der Waals surface area contributed by atoms with Crippen molar-refractivity contribution in [2.24, 2.45) is 28.2 Å². The average molecular weight is 1280 g/mol. The maximum Gasteiger partial charge on any atom is 0.0883 e. The Morgan fingerprint density at radius 2 is 0.729 bits per heavy atom. The Balaban J connectivity index is 0.000000129. The second kappa shape index (κ2) is 30.0. The van der Waals surface area contributed by atoms with Gasteiger partial charge in [0.05, 0.1) is 11.2 Å². The average Bonchev–Trinajstić information content (AvgIpc) is 1.99. The molecule has 4 aliphatic carbocycles. The maximum absolute atomic E-state index is 4.34. The summed E-state index contributed by atoms with van der Waals surface area (Å²) in [6.45, 7) is 43.3. The topological polar surface area (TPSA) is 97.1 Å². The monoisotopic (exact) mass is 1270 g/mol. The third-order valence-corrected chi connectivity index (χ3v) is 20.7. The zero-order valence-electron chi connectivity index (χ0n) is 61.8. The summed E-state index contributed by atoms with van der Waals surface area (Å²) >= 11 is 0. The molecule has 0 saturated heterocycles. The number of allylic oxidation sites excluding steroid dienone is 4. The van der Waals surface area contributed by atoms with Gasteiger partial charge in [-0.3, -0.25) is 29.9 Å². The van der Waals surface area contributed by atoms with Gasteiger partial charge in [-0.2, -0.15) is 0 Å². The normalized spacial score (nSPS) is 15.8. The highest BCUT2D eigenvalue weighted by atomic mass is 14.9. The highest BCUT2D eigenvalue weighted by Gasteiger charge is 2.23. The van der Waals surface area contributed by atoms with E-state index in [-0.39, 0.29) is 0 Å². The van der Waals surface area contributed by atoms with Crippen molar-refractivity contribution in [2.75, 3.05) is 0 Å². The molecular weight excluding hydrogens is 1170 g/mol. The van der Waals surface area contributed by atoms with E-state index in [1.165, 1.54) is 166 Å². The molecule has 10 aromatic heterocycles. The third-order valence-electron chi connectivity index (χ3n) is 20.7. The number of fused-ring (bicyclic) bond motifs is 8. The fourth-order valence-corrected chi connectivity index (χ4v) is 14.3. The highest BCUT2D eigenvalue weighted by Crippen LogP contribution is 2.40. The minimum absolute atomic E-state index is 0.564. The first-order valence-corrected chi connectivity index (χ1v) is 33.9. The Morgan fingerprint density at radius 3 is 1.31 bits per heavy atom. The molecule has 4 aliphatic rings. The summed E-state index contributed by atoms with van der Waals surface area (Å²) in [5.41, 5.74) is 33.5. The molecule has 96 heavy (non-hydrogen) atoms. The van der Waals surface area contributed by atoms with Crippen molar-refractivity contribution in [2.45, 2.75) is 162 Å². The summed E-state index contributed by atoms with van der Waals surface area (Å²) in [4.78, 5) is 25.6. The molecule has 0 amide bonds. The van der Waals surface area contributed by atoms with Gasteiger partial charge in [0.1, 0.15) is 0 Å². The lowest BCUT2D eigenvalue weighted by Gasteiger charge is -2.10. The molecule has 0 bridgehead atoms. The largest absolute Gasteiger partial charge is 0.353 e. The van der Waals surface area contributed by atoms with E-state index < -0.39 is 0 Å². The number of rotatable bonds is 0. The van der Waals surface area contributed by atoms with Crippen molar-refractivity contribution in [3.63, 3.8) is 0 Å². The third kappa shape index (κ3) is 14.9. The molecule has 16 rings (SSSR count). The van der Waals surface area contributed by atoms with E-state index in [9.17, 15) is 0 Å². The second-order valence-electron chi connectivity index (χ2n) is 27.3. The van der Waals surface area contributed by atoms with Gasteiger partial charge in [-0.15, -0.1) is 0 Å². The van der Waals surface area contributed by atoms with Crippen molar-refractivity contribution in [3.05, 3.63) is 270 Å². The maximum atomic E-state index is 4.34. The quantitative estimate of drug-likeness (QED) is 0.150. The Hall–Kier alpha value is -9.54. The molecular formula is C86H102N10. The standard InChI is InChI=1S/C12H14.4C11H13N.3C10H12N2/c1-8-5-4-6-11-7-9(2)10(3)12(8)11;1-7-4-10-6-12-5-8(2)11(10)9(7)3;1-7-6-10-4-5-12-9(3)11(10)8(7)2;1-7-4-5-12-10-6-8(2)9(3)11(7)10;1-8-5-4-6-10-7-12(3)9(2)11(8)10;1-7-4-11-5-9-6-12(3)8(2)10(7)9;1-7-10-8(2)12(3)6-9(10)4-5-11-7;1-7-4-5-11-9-6-12(3)8(2)10(7)9/h4-7,10H,1-3H3;4-6,9H,1-3H3;4-6,8H,1-3H3;4-6,9H,1-3H3;4-7H,1-3H3;3*4-6H,1-3H3. The van der Waals surface area contributed by atoms with Gasteiger partial charge < -0.3 is 18.3 Å². The number of nitrogens with zero attached hydrogens (tertiary/aromatic N) is 10. The molecule has 0 radical (unpaired) electrons. The summed E-state index contributed by atoms with van der Waals surface area (Å²) < 4.78 is 8.57. The molecule has 496 valence electrons. The van der Waals surface area contributed by atoms with Crippen LogP contribution in [0.25, 0.3) is 67.5 Å². The number of benzene rings is 2. The van der Waals surface area contributed by atoms with Gasteiger partial charge >= 0.3 is 0 Å². The van der Waals surface area contributed by atoms with Crippen LogP contribution in [-0.2, 0) is 28.2 Å². The van der Waals surface area contributed by atoms with E-state index in [2.05, 4.69) is 325 Å². The Kier molecular flexibility index (Phi) is 22.1. The van der Waals surface area contributed by atoms with Crippen LogP contribution in [0.3, 0.4) is 0 Å². The lowest BCUT2D eigenvalue weighted by atomic mass is 9.95. The molecule has 10 nitrogen and oxygen atoms in total. The van der Waals surface area contributed by atoms with Crippen molar-refractivity contribution in [1.82, 2.24) is 48.2 Å². The zero-order valence-corrected chi connectivity index (χ0v) is 61.8. The molecule has 10 heterocycles. The summed E-state index contributed by atoms with van der Waals surface area (Å²) in [6, 6.07) is 21.2. The van der Waals surface area contributed by atoms with Gasteiger partial charge in [0.2, 0.25) is 0 Å². The van der Waals surface area contributed by atoms with Crippen LogP contribution in [0.1, 0.15) is 191 Å². The summed E-state index contributed by atoms with van der Waals surface area (Å²) in [6.07, 6.45) is 32.7. The Bertz CT molecular complexity index is 4340. The molecule has 0 aliphatic heterocycles. The van der Waals surface area contributed by atoms with E-state index in [0.29, 0.717) is 23.7 Å². The van der Waals surface area contributed by atoms with Crippen molar-refractivity contribution in [1.29, 1.82) is 0 Å². The molecule has 0 fully saturated rings. The lowest BCUT2D eigenvalue weighted by molar-refractivity contribution is 0.888. The fourth-order valence-electron chi connectivity index (χ4n) is 14.3. The fraction of sp³-hybridized carbons (Fsp3) is 0.326. The molecule has 10 heteroatoms. The van der Waals surface area contributed by atoms with Gasteiger partial charge in [-0.05, 0) is 219 Å². The first-order chi connectivity index (χ1) is 45.6. The van der Waals surface area contributed by atoms with Crippen LogP contribution in [-0.4, -0.2) is 48.2 Å². The summed E-state index contributed by atoms with van der Waals surface area (Å²) in [5.74, 6) is 2.34. The molecule has 12 aromatic rings. The van der Waals surface area contributed by atoms with Crippen LogP contribution in [0.2, 0.25) is 0 Å². The molecule has 4 unspecified atom stereocenters. The minimum atomic E-state index is 0.564. The molecule has 0 spiro atoms. The van der Waals surface area contributed by atoms with E-state index in [1.54, 1.807) is 0 Å². The predicted octanol–water partition coefficient (Wildman–Crippen LogP) is 21.6. The number of aryl methyl sites for hydroxylation is 16. The van der Waals surface area contributed by atoms with Crippen LogP contribution in [0.4, 0.5) is 0 Å². The number of hydrogen-bond donors (Lipinski definition) is 0. The number of pyridine rings is 6. The number of hydrogen-bond acceptors (Lipinski definition) is 6. The predicted molar refractivity (Wildman–Crippen MR) is 409 cm³/mol. The summed E-state index contributed by atoms with van der Waals surface area (Å²) in [7, 11) is 8.27. The van der Waals surface area contributed by atoms with Gasteiger partial charge in [0.15, 0.2) is 0 Å². The molecule has 0 N–H and O–H groups in total. The zero-order chi connectivity index (χ0) is 69.7. The first kappa shape index (κ1) is 70.8. The van der Waals surface area contributed by atoms with Crippen LogP contribution in [0.15, 0.2) is 157 Å². The highest BCUT2D eigenvalue weighted by molar-refractivity contribution is 5.90. The van der Waals surface area contributed by atoms with Crippen molar-refractivity contribution < 1.29 is 0 Å². The molecule has 0 saturated carbocycles. The SMILES string of the molecule is CC1=Cc2cccc(C)c2C1C.CC1=Cc2ccnc(C)c2C1C.CC1=Cc2cncc(C)c2C1C.CC1=Cc2nccc(C)c2C1C.Cc1cccc2cn(C)c(C)c12.Cc1ccnc2cn(C)c(C)c12.Cc1cncc2cn(C)c(C)c12.Cc1nccc2cn(C)c(C)c12. The lowest BCUT2D eigenvalue weighted by Crippen LogP contribution is -1.96. The second-order valence-corrected chi connectivity index (χ2v) is 27.3. The van der Waals surface area contributed by atoms with Crippen LogP contribution in [0, 0.1) is 83.1 Å². The van der Waals surface area contributed by atoms with Crippen molar-refractivity contribution >= 4 is 67.5 Å². The van der Waals surface area contributed by atoms with Crippen LogP contribution in [0.5, 0.6) is 0 Å². The number of aromatic nitrogens is 10.